The average Bonchev–Trinajstić information content (AvgIpc) is 2.26. The Bertz CT molecular complexity index is 408. The number of benzene rings is 1. The number of rotatable bonds is 3. The molecule has 6 heteroatoms. The highest BCUT2D eigenvalue weighted by atomic mass is 35.5. The normalized spacial score (nSPS) is 11.6. The topological polar surface area (TPSA) is 75.6 Å². The van der Waals surface area contributed by atoms with Crippen molar-refractivity contribution >= 4 is 23.7 Å². The van der Waals surface area contributed by atoms with Gasteiger partial charge in [-0.2, -0.15) is 0 Å². The predicted octanol–water partition coefficient (Wildman–Crippen LogP) is 1.82. The van der Waals surface area contributed by atoms with Gasteiger partial charge in [0.2, 0.25) is 0 Å². The van der Waals surface area contributed by atoms with E-state index >= 15 is 0 Å². The third-order valence-electron chi connectivity index (χ3n) is 1.91. The molecule has 0 saturated carbocycles. The predicted molar refractivity (Wildman–Crippen MR) is 57.4 cm³/mol. The maximum atomic E-state index is 11.0. The molecule has 0 saturated heterocycles. The number of carboxylic acids is 1. The van der Waals surface area contributed by atoms with E-state index in [9.17, 15) is 9.59 Å². The second-order valence-corrected chi connectivity index (χ2v) is 3.34. The van der Waals surface area contributed by atoms with Crippen molar-refractivity contribution in [3.05, 3.63) is 34.9 Å². The first kappa shape index (κ1) is 12.3. The van der Waals surface area contributed by atoms with Gasteiger partial charge in [0.05, 0.1) is 7.11 Å². The minimum absolute atomic E-state index is 0.270. The van der Waals surface area contributed by atoms with Gasteiger partial charge in [-0.25, -0.2) is 9.59 Å². The molecule has 2 N–H and O–H groups in total. The Morgan fingerprint density at radius 2 is 2.06 bits per heavy atom. The minimum Gasteiger partial charge on any atom is -0.479 e. The van der Waals surface area contributed by atoms with Gasteiger partial charge in [0.25, 0.3) is 0 Å². The lowest BCUT2D eigenvalue weighted by atomic mass is 10.1. The number of hydrogen-bond acceptors (Lipinski definition) is 3. The van der Waals surface area contributed by atoms with Crippen LogP contribution in [0.1, 0.15) is 11.6 Å². The van der Waals surface area contributed by atoms with Gasteiger partial charge in [-0.15, -0.1) is 0 Å². The number of carboxylic acid groups (broad SMARTS) is 1. The van der Waals surface area contributed by atoms with E-state index in [-0.39, 0.29) is 5.02 Å². The smallest absolute Gasteiger partial charge is 0.407 e. The number of amides is 1. The van der Waals surface area contributed by atoms with Gasteiger partial charge in [-0.05, 0) is 6.07 Å². The summed E-state index contributed by atoms with van der Waals surface area (Å²) in [5.41, 5.74) is 0.307. The highest BCUT2D eigenvalue weighted by Crippen LogP contribution is 2.22. The van der Waals surface area contributed by atoms with Crippen LogP contribution in [-0.4, -0.2) is 24.3 Å². The third kappa shape index (κ3) is 2.87. The van der Waals surface area contributed by atoms with Crippen LogP contribution in [0.15, 0.2) is 24.3 Å². The molecule has 5 nitrogen and oxygen atoms in total. The van der Waals surface area contributed by atoms with Crippen molar-refractivity contribution in [3.8, 4) is 0 Å². The number of aliphatic carboxylic acids is 1. The second kappa shape index (κ2) is 5.37. The van der Waals surface area contributed by atoms with Gasteiger partial charge >= 0.3 is 12.1 Å². The number of carbonyl (C=O) groups excluding carboxylic acids is 1. The molecule has 0 aromatic heterocycles. The molecule has 16 heavy (non-hydrogen) atoms. The fourth-order valence-electron chi connectivity index (χ4n) is 1.16. The first-order valence-corrected chi connectivity index (χ1v) is 4.75. The van der Waals surface area contributed by atoms with Crippen molar-refractivity contribution in [3.63, 3.8) is 0 Å². The van der Waals surface area contributed by atoms with E-state index in [1.165, 1.54) is 6.07 Å². The largest absolute Gasteiger partial charge is 0.479 e. The highest BCUT2D eigenvalue weighted by molar-refractivity contribution is 6.31. The molecule has 86 valence electrons. The first-order valence-electron chi connectivity index (χ1n) is 4.38. The number of carbonyl (C=O) groups is 2. The summed E-state index contributed by atoms with van der Waals surface area (Å²) in [6.45, 7) is 0. The van der Waals surface area contributed by atoms with Gasteiger partial charge in [0.1, 0.15) is 0 Å². The summed E-state index contributed by atoms with van der Waals surface area (Å²) in [6, 6.07) is 5.16. The zero-order valence-electron chi connectivity index (χ0n) is 8.44. The summed E-state index contributed by atoms with van der Waals surface area (Å²) in [5, 5.41) is 11.4. The van der Waals surface area contributed by atoms with E-state index in [0.717, 1.165) is 7.11 Å². The average molecular weight is 244 g/mol. The van der Waals surface area contributed by atoms with Crippen molar-refractivity contribution < 1.29 is 19.4 Å². The Labute approximate surface area is 97.0 Å². The van der Waals surface area contributed by atoms with Gasteiger partial charge in [-0.3, -0.25) is 0 Å². The van der Waals surface area contributed by atoms with Gasteiger partial charge in [0, 0.05) is 10.6 Å². The van der Waals surface area contributed by atoms with E-state index in [1.54, 1.807) is 18.2 Å². The Balaban J connectivity index is 2.99. The van der Waals surface area contributed by atoms with Crippen LogP contribution in [0.2, 0.25) is 5.02 Å². The maximum absolute atomic E-state index is 11.0. The Morgan fingerprint density at radius 1 is 1.44 bits per heavy atom. The van der Waals surface area contributed by atoms with E-state index < -0.39 is 18.1 Å². The lowest BCUT2D eigenvalue weighted by Crippen LogP contribution is -2.33. The zero-order chi connectivity index (χ0) is 12.1. The van der Waals surface area contributed by atoms with Crippen LogP contribution < -0.4 is 5.32 Å². The molecule has 0 bridgehead atoms. The molecule has 1 rings (SSSR count). The molecule has 0 radical (unpaired) electrons. The van der Waals surface area contributed by atoms with E-state index in [1.807, 2.05) is 0 Å². The van der Waals surface area contributed by atoms with Crippen molar-refractivity contribution in [1.82, 2.24) is 5.32 Å². The van der Waals surface area contributed by atoms with Gasteiger partial charge in [0.15, 0.2) is 6.04 Å². The molecule has 0 aliphatic carbocycles. The summed E-state index contributed by atoms with van der Waals surface area (Å²) in [5.74, 6) is -1.21. The molecule has 1 aromatic carbocycles. The number of alkyl carbamates (subject to hydrolysis) is 1. The maximum Gasteiger partial charge on any atom is 0.407 e. The third-order valence-corrected chi connectivity index (χ3v) is 2.25. The van der Waals surface area contributed by atoms with Crippen LogP contribution in [0.5, 0.6) is 0 Å². The minimum atomic E-state index is -1.22. The van der Waals surface area contributed by atoms with Crippen LogP contribution in [0.4, 0.5) is 4.79 Å². The molecule has 0 fully saturated rings. The summed E-state index contributed by atoms with van der Waals surface area (Å²) in [7, 11) is 1.15. The van der Waals surface area contributed by atoms with Crippen molar-refractivity contribution in [2.75, 3.05) is 7.11 Å². The van der Waals surface area contributed by atoms with E-state index in [4.69, 9.17) is 16.7 Å². The monoisotopic (exact) mass is 243 g/mol. The SMILES string of the molecule is COC(=O)N[C@H](C(=O)O)c1ccccc1Cl. The summed E-state index contributed by atoms with van der Waals surface area (Å²) < 4.78 is 4.34. The zero-order valence-corrected chi connectivity index (χ0v) is 9.19. The van der Waals surface area contributed by atoms with Crippen molar-refractivity contribution in [1.29, 1.82) is 0 Å². The molecule has 0 spiro atoms. The number of ether oxygens (including phenoxy) is 1. The fourth-order valence-corrected chi connectivity index (χ4v) is 1.40. The summed E-state index contributed by atoms with van der Waals surface area (Å²) in [4.78, 5) is 21.9. The molecular weight excluding hydrogens is 234 g/mol. The first-order chi connectivity index (χ1) is 7.56. The van der Waals surface area contributed by atoms with Gasteiger partial charge in [-0.1, -0.05) is 29.8 Å². The molecular formula is C10H10ClNO4. The lowest BCUT2D eigenvalue weighted by Gasteiger charge is -2.14. The molecule has 1 aromatic rings. The van der Waals surface area contributed by atoms with Crippen molar-refractivity contribution in [2.24, 2.45) is 0 Å². The number of hydrogen-bond donors (Lipinski definition) is 2. The van der Waals surface area contributed by atoms with Crippen LogP contribution in [0, 0.1) is 0 Å². The van der Waals surface area contributed by atoms with E-state index in [0.29, 0.717) is 5.56 Å². The van der Waals surface area contributed by atoms with E-state index in [2.05, 4.69) is 10.1 Å². The Kier molecular flexibility index (Phi) is 4.13. The van der Waals surface area contributed by atoms with Crippen LogP contribution in [0.25, 0.3) is 0 Å². The van der Waals surface area contributed by atoms with Crippen LogP contribution in [-0.2, 0) is 9.53 Å². The molecule has 0 aliphatic heterocycles. The van der Waals surface area contributed by atoms with Crippen LogP contribution >= 0.6 is 11.6 Å². The number of halogens is 1. The molecule has 0 unspecified atom stereocenters. The molecule has 0 heterocycles. The number of nitrogens with one attached hydrogen (secondary N) is 1. The van der Waals surface area contributed by atoms with Crippen LogP contribution in [0.3, 0.4) is 0 Å². The standard InChI is InChI=1S/C10H10ClNO4/c1-16-10(15)12-8(9(13)14)6-4-2-3-5-7(6)11/h2-5,8H,1H3,(H,12,15)(H,13,14)/t8-/m0/s1. The lowest BCUT2D eigenvalue weighted by molar-refractivity contribution is -0.139. The summed E-state index contributed by atoms with van der Waals surface area (Å²) in [6.07, 6.45) is -0.827. The Hall–Kier alpha value is -1.75. The quantitative estimate of drug-likeness (QED) is 0.849. The van der Waals surface area contributed by atoms with Crippen molar-refractivity contribution in [2.45, 2.75) is 6.04 Å². The summed E-state index contributed by atoms with van der Waals surface area (Å²) >= 11 is 5.83. The highest BCUT2D eigenvalue weighted by Gasteiger charge is 2.24. The number of methoxy groups -OCH3 is 1. The Morgan fingerprint density at radius 3 is 2.56 bits per heavy atom. The molecule has 0 aliphatic rings. The second-order valence-electron chi connectivity index (χ2n) is 2.93. The molecule has 1 atom stereocenters. The molecule has 1 amide bonds. The fraction of sp³-hybridized carbons (Fsp3) is 0.200. The van der Waals surface area contributed by atoms with Gasteiger partial charge < -0.3 is 15.2 Å².